The fourth-order valence-corrected chi connectivity index (χ4v) is 3.36. The average Bonchev–Trinajstić information content (AvgIpc) is 2.65. The fraction of sp³-hybridized carbons (Fsp3) is 0.391. The number of benzene rings is 2. The summed E-state index contributed by atoms with van der Waals surface area (Å²) in [6.45, 7) is 7.79. The van der Waals surface area contributed by atoms with E-state index in [9.17, 15) is 9.59 Å². The van der Waals surface area contributed by atoms with Crippen LogP contribution in [-0.2, 0) is 21.4 Å². The van der Waals surface area contributed by atoms with Crippen LogP contribution in [0.3, 0.4) is 0 Å². The molecule has 2 amide bonds. The summed E-state index contributed by atoms with van der Waals surface area (Å²) in [4.78, 5) is 25.5. The Balaban J connectivity index is 1.58. The van der Waals surface area contributed by atoms with Crippen molar-refractivity contribution in [2.75, 3.05) is 29.9 Å². The Bertz CT molecular complexity index is 885. The van der Waals surface area contributed by atoms with E-state index in [4.69, 9.17) is 10.5 Å². The molecule has 6 nitrogen and oxygen atoms in total. The molecule has 1 heterocycles. The normalized spacial score (nSPS) is 13.4. The van der Waals surface area contributed by atoms with Crippen LogP contribution in [0.2, 0.25) is 0 Å². The smallest absolute Gasteiger partial charge is 0.236 e. The van der Waals surface area contributed by atoms with Crippen LogP contribution in [0.1, 0.15) is 38.3 Å². The second kappa shape index (κ2) is 8.55. The molecule has 1 aliphatic heterocycles. The van der Waals surface area contributed by atoms with Gasteiger partial charge in [-0.15, -0.1) is 0 Å². The van der Waals surface area contributed by atoms with Crippen LogP contribution in [-0.4, -0.2) is 31.5 Å². The van der Waals surface area contributed by atoms with Gasteiger partial charge < -0.3 is 20.7 Å². The second-order valence-electron chi connectivity index (χ2n) is 8.41. The number of fused-ring (bicyclic) bond motifs is 1. The van der Waals surface area contributed by atoms with E-state index in [-0.39, 0.29) is 23.8 Å². The first-order chi connectivity index (χ1) is 13.7. The van der Waals surface area contributed by atoms with Gasteiger partial charge in [-0.1, -0.05) is 45.0 Å². The zero-order chi connectivity index (χ0) is 21.0. The summed E-state index contributed by atoms with van der Waals surface area (Å²) in [6, 6.07) is 13.9. The third-order valence-corrected chi connectivity index (χ3v) is 5.01. The molecule has 154 valence electrons. The highest BCUT2D eigenvalue weighted by molar-refractivity contribution is 5.91. The van der Waals surface area contributed by atoms with Gasteiger partial charge in [-0.3, -0.25) is 9.59 Å². The van der Waals surface area contributed by atoms with Crippen molar-refractivity contribution in [3.63, 3.8) is 0 Å². The Morgan fingerprint density at radius 1 is 1.14 bits per heavy atom. The monoisotopic (exact) mass is 395 g/mol. The number of ether oxygens (including phenoxy) is 1. The van der Waals surface area contributed by atoms with Crippen molar-refractivity contribution in [1.82, 2.24) is 0 Å². The topological polar surface area (TPSA) is 84.7 Å². The minimum absolute atomic E-state index is 0.0466. The molecule has 0 bridgehead atoms. The Labute approximate surface area is 172 Å². The van der Waals surface area contributed by atoms with Gasteiger partial charge in [-0.05, 0) is 35.1 Å². The van der Waals surface area contributed by atoms with Gasteiger partial charge in [0.25, 0.3) is 0 Å². The molecule has 0 aromatic heterocycles. The minimum atomic E-state index is -0.384. The molecule has 2 aromatic carbocycles. The highest BCUT2D eigenvalue weighted by Crippen LogP contribution is 2.34. The lowest BCUT2D eigenvalue weighted by Crippen LogP contribution is -2.39. The van der Waals surface area contributed by atoms with E-state index in [0.29, 0.717) is 37.4 Å². The lowest BCUT2D eigenvalue weighted by atomic mass is 9.86. The number of hydrogen-bond donors (Lipinski definition) is 2. The van der Waals surface area contributed by atoms with Crippen LogP contribution in [0, 0.1) is 0 Å². The number of nitrogens with one attached hydrogen (secondary N) is 1. The highest BCUT2D eigenvalue weighted by Gasteiger charge is 2.20. The van der Waals surface area contributed by atoms with Crippen LogP contribution in [0.25, 0.3) is 0 Å². The Hall–Kier alpha value is -3.02. The Kier molecular flexibility index (Phi) is 6.11. The lowest BCUT2D eigenvalue weighted by molar-refractivity contribution is -0.117. The van der Waals surface area contributed by atoms with Crippen molar-refractivity contribution >= 4 is 23.2 Å². The summed E-state index contributed by atoms with van der Waals surface area (Å²) in [6.07, 6.45) is 1.09. The maximum Gasteiger partial charge on any atom is 0.236 e. The largest absolute Gasteiger partial charge is 0.489 e. The van der Waals surface area contributed by atoms with Crippen molar-refractivity contribution in [2.24, 2.45) is 5.73 Å². The molecule has 3 rings (SSSR count). The zero-order valence-electron chi connectivity index (χ0n) is 17.3. The molecule has 0 unspecified atom stereocenters. The van der Waals surface area contributed by atoms with Crippen LogP contribution in [0.4, 0.5) is 11.4 Å². The van der Waals surface area contributed by atoms with Crippen LogP contribution < -0.4 is 20.7 Å². The number of nitrogens with two attached hydrogens (primary N) is 1. The third-order valence-electron chi connectivity index (χ3n) is 5.01. The Morgan fingerprint density at radius 2 is 1.86 bits per heavy atom. The fourth-order valence-electron chi connectivity index (χ4n) is 3.36. The van der Waals surface area contributed by atoms with E-state index in [1.54, 1.807) is 6.07 Å². The molecule has 0 fully saturated rings. The number of aryl methyl sites for hydroxylation is 1. The summed E-state index contributed by atoms with van der Waals surface area (Å²) in [7, 11) is 0. The van der Waals surface area contributed by atoms with Crippen molar-refractivity contribution in [3.05, 3.63) is 53.6 Å². The van der Waals surface area contributed by atoms with Gasteiger partial charge in [0.1, 0.15) is 12.4 Å². The molecule has 1 aliphatic rings. The average molecular weight is 396 g/mol. The van der Waals surface area contributed by atoms with Gasteiger partial charge in [0.15, 0.2) is 0 Å². The SMILES string of the molecule is CC(C)(C)c1ccc(CCC(=O)Nc2ccc3c(c2)OCCN3CC(N)=O)cc1. The first-order valence-corrected chi connectivity index (χ1v) is 9.92. The van der Waals surface area contributed by atoms with Gasteiger partial charge >= 0.3 is 0 Å². The van der Waals surface area contributed by atoms with Gasteiger partial charge in [0, 0.05) is 18.2 Å². The van der Waals surface area contributed by atoms with Crippen molar-refractivity contribution < 1.29 is 14.3 Å². The van der Waals surface area contributed by atoms with E-state index in [0.717, 1.165) is 11.3 Å². The van der Waals surface area contributed by atoms with Gasteiger partial charge in [-0.2, -0.15) is 0 Å². The second-order valence-corrected chi connectivity index (χ2v) is 8.41. The molecule has 0 spiro atoms. The number of carbonyl (C=O) groups is 2. The molecule has 0 saturated carbocycles. The van der Waals surface area contributed by atoms with Crippen molar-refractivity contribution in [1.29, 1.82) is 0 Å². The van der Waals surface area contributed by atoms with Crippen LogP contribution >= 0.6 is 0 Å². The number of hydrogen-bond acceptors (Lipinski definition) is 4. The number of nitrogens with zero attached hydrogens (tertiary/aromatic N) is 1. The Morgan fingerprint density at radius 3 is 2.52 bits per heavy atom. The van der Waals surface area contributed by atoms with Crippen LogP contribution in [0.5, 0.6) is 5.75 Å². The predicted octanol–water partition coefficient (Wildman–Crippen LogP) is 3.24. The van der Waals surface area contributed by atoms with E-state index < -0.39 is 0 Å². The highest BCUT2D eigenvalue weighted by atomic mass is 16.5. The standard InChI is InChI=1S/C23H29N3O3/c1-23(2,3)17-7-4-16(5-8-17)6-11-22(28)25-18-9-10-19-20(14-18)29-13-12-26(19)15-21(24)27/h4-5,7-10,14H,6,11-13,15H2,1-3H3,(H2,24,27)(H,25,28). The van der Waals surface area contributed by atoms with E-state index >= 15 is 0 Å². The quantitative estimate of drug-likeness (QED) is 0.786. The van der Waals surface area contributed by atoms with E-state index in [2.05, 4.69) is 50.4 Å². The molecule has 0 saturated heterocycles. The minimum Gasteiger partial charge on any atom is -0.489 e. The zero-order valence-corrected chi connectivity index (χ0v) is 17.3. The number of carbonyl (C=O) groups excluding carboxylic acids is 2. The molecule has 2 aromatic rings. The van der Waals surface area contributed by atoms with Gasteiger partial charge in [0.05, 0.1) is 18.8 Å². The maximum atomic E-state index is 12.4. The molecule has 29 heavy (non-hydrogen) atoms. The van der Waals surface area contributed by atoms with Gasteiger partial charge in [-0.25, -0.2) is 0 Å². The maximum absolute atomic E-state index is 12.4. The summed E-state index contributed by atoms with van der Waals surface area (Å²) >= 11 is 0. The first kappa shape index (κ1) is 20.7. The molecule has 0 radical (unpaired) electrons. The first-order valence-electron chi connectivity index (χ1n) is 9.92. The predicted molar refractivity (Wildman–Crippen MR) is 115 cm³/mol. The molecule has 0 atom stereocenters. The van der Waals surface area contributed by atoms with Crippen molar-refractivity contribution in [3.8, 4) is 5.75 Å². The number of amides is 2. The number of primary amides is 1. The van der Waals surface area contributed by atoms with E-state index in [1.165, 1.54) is 5.56 Å². The third kappa shape index (κ3) is 5.50. The lowest BCUT2D eigenvalue weighted by Gasteiger charge is -2.30. The summed E-state index contributed by atoms with van der Waals surface area (Å²) in [5.41, 5.74) is 9.35. The van der Waals surface area contributed by atoms with E-state index in [1.807, 2.05) is 17.0 Å². The summed E-state index contributed by atoms with van der Waals surface area (Å²) in [5.74, 6) is 0.216. The van der Waals surface area contributed by atoms with Crippen LogP contribution in [0.15, 0.2) is 42.5 Å². The summed E-state index contributed by atoms with van der Waals surface area (Å²) in [5, 5.41) is 2.92. The molecular weight excluding hydrogens is 366 g/mol. The summed E-state index contributed by atoms with van der Waals surface area (Å²) < 4.78 is 5.68. The van der Waals surface area contributed by atoms with Crippen molar-refractivity contribution in [2.45, 2.75) is 39.0 Å². The molecular formula is C23H29N3O3. The molecule has 3 N–H and O–H groups in total. The van der Waals surface area contributed by atoms with Gasteiger partial charge in [0.2, 0.25) is 11.8 Å². The molecule has 6 heteroatoms. The number of anilines is 2. The number of rotatable bonds is 6. The molecule has 0 aliphatic carbocycles.